The number of amides is 1. The number of hydrogen-bond acceptors (Lipinski definition) is 6. The van der Waals surface area contributed by atoms with Gasteiger partial charge in [-0.25, -0.2) is 0 Å². The van der Waals surface area contributed by atoms with Crippen molar-refractivity contribution in [3.05, 3.63) is 60.2 Å². The van der Waals surface area contributed by atoms with Crippen molar-refractivity contribution in [3.8, 4) is 11.5 Å². The maximum Gasteiger partial charge on any atom is 0.277 e. The van der Waals surface area contributed by atoms with Crippen LogP contribution in [0.4, 0.5) is 5.69 Å². The van der Waals surface area contributed by atoms with E-state index < -0.39 is 0 Å². The van der Waals surface area contributed by atoms with Crippen molar-refractivity contribution < 1.29 is 9.21 Å². The first-order valence-corrected chi connectivity index (χ1v) is 11.8. The number of carbonyl (C=O) groups excluding carboxylic acids is 1. The van der Waals surface area contributed by atoms with Crippen LogP contribution in [0.2, 0.25) is 0 Å². The molecular formula is C24H30N4O2S. The number of benzene rings is 2. The average Bonchev–Trinajstić information content (AvgIpc) is 3.28. The van der Waals surface area contributed by atoms with Crippen molar-refractivity contribution >= 4 is 23.4 Å². The van der Waals surface area contributed by atoms with Gasteiger partial charge in [-0.05, 0) is 50.1 Å². The molecule has 0 saturated heterocycles. The summed E-state index contributed by atoms with van der Waals surface area (Å²) in [6.45, 7) is 8.31. The molecular weight excluding hydrogens is 408 g/mol. The summed E-state index contributed by atoms with van der Waals surface area (Å²) in [6, 6.07) is 18.2. The Balaban J connectivity index is 1.56. The smallest absolute Gasteiger partial charge is 0.277 e. The fourth-order valence-electron chi connectivity index (χ4n) is 3.45. The highest BCUT2D eigenvalue weighted by Crippen LogP contribution is 2.26. The zero-order chi connectivity index (χ0) is 22.1. The van der Waals surface area contributed by atoms with Gasteiger partial charge in [0.05, 0.1) is 11.8 Å². The predicted octanol–water partition coefficient (Wildman–Crippen LogP) is 5.33. The number of thioether (sulfide) groups is 1. The molecule has 1 amide bonds. The molecule has 3 rings (SSSR count). The standard InChI is InChI=1S/C24H30N4O2S/c1-4-10-21(18-11-8-7-9-12-18)25-22(29)17-31-24-27-26-23(30-24)19-13-15-20(16-14-19)28(5-2)6-3/h7-9,11-16,21H,4-6,10,17H2,1-3H3,(H,25,29). The number of aromatic nitrogens is 2. The first kappa shape index (κ1) is 22.9. The van der Waals surface area contributed by atoms with E-state index in [2.05, 4.69) is 53.3 Å². The van der Waals surface area contributed by atoms with Crippen molar-refractivity contribution in [2.75, 3.05) is 23.7 Å². The summed E-state index contributed by atoms with van der Waals surface area (Å²) in [6.07, 6.45) is 1.89. The maximum atomic E-state index is 12.5. The van der Waals surface area contributed by atoms with Gasteiger partial charge in [-0.2, -0.15) is 0 Å². The molecule has 0 bridgehead atoms. The van der Waals surface area contributed by atoms with E-state index in [4.69, 9.17) is 4.42 Å². The molecule has 6 nitrogen and oxygen atoms in total. The van der Waals surface area contributed by atoms with Crippen molar-refractivity contribution in [1.29, 1.82) is 0 Å². The lowest BCUT2D eigenvalue weighted by molar-refractivity contribution is -0.119. The number of anilines is 1. The normalized spacial score (nSPS) is 11.8. The van der Waals surface area contributed by atoms with Crippen LogP contribution in [0, 0.1) is 0 Å². The minimum Gasteiger partial charge on any atom is -0.411 e. The van der Waals surface area contributed by atoms with Crippen molar-refractivity contribution in [2.45, 2.75) is 44.9 Å². The predicted molar refractivity (Wildman–Crippen MR) is 126 cm³/mol. The van der Waals surface area contributed by atoms with Gasteiger partial charge in [0.1, 0.15) is 0 Å². The average molecular weight is 439 g/mol. The van der Waals surface area contributed by atoms with Crippen LogP contribution in [0.5, 0.6) is 0 Å². The molecule has 0 aliphatic rings. The summed E-state index contributed by atoms with van der Waals surface area (Å²) in [5.74, 6) is 0.646. The summed E-state index contributed by atoms with van der Waals surface area (Å²) >= 11 is 1.25. The van der Waals surface area contributed by atoms with Crippen LogP contribution in [0.25, 0.3) is 11.5 Å². The zero-order valence-corrected chi connectivity index (χ0v) is 19.2. The molecule has 0 fully saturated rings. The van der Waals surface area contributed by atoms with Gasteiger partial charge in [0, 0.05) is 24.3 Å². The van der Waals surface area contributed by atoms with Gasteiger partial charge in [-0.15, -0.1) is 10.2 Å². The molecule has 0 spiro atoms. The molecule has 164 valence electrons. The minimum atomic E-state index is -0.0457. The molecule has 31 heavy (non-hydrogen) atoms. The van der Waals surface area contributed by atoms with E-state index >= 15 is 0 Å². The molecule has 7 heteroatoms. The summed E-state index contributed by atoms with van der Waals surface area (Å²) in [4.78, 5) is 14.8. The molecule has 0 saturated carbocycles. The largest absolute Gasteiger partial charge is 0.411 e. The minimum absolute atomic E-state index is 0.0156. The van der Waals surface area contributed by atoms with Gasteiger partial charge in [0.25, 0.3) is 5.22 Å². The molecule has 1 aromatic heterocycles. The molecule has 1 atom stereocenters. The first-order chi connectivity index (χ1) is 15.1. The second-order valence-corrected chi connectivity index (χ2v) is 8.13. The van der Waals surface area contributed by atoms with Gasteiger partial charge in [-0.1, -0.05) is 55.4 Å². The highest BCUT2D eigenvalue weighted by molar-refractivity contribution is 7.99. The van der Waals surface area contributed by atoms with E-state index in [1.54, 1.807) is 0 Å². The second kappa shape index (κ2) is 11.6. The van der Waals surface area contributed by atoms with Gasteiger partial charge in [0.15, 0.2) is 0 Å². The number of hydrogen-bond donors (Lipinski definition) is 1. The van der Waals surface area contributed by atoms with Crippen LogP contribution in [0.15, 0.2) is 64.2 Å². The third-order valence-electron chi connectivity index (χ3n) is 5.09. The number of nitrogens with zero attached hydrogens (tertiary/aromatic N) is 3. The third-order valence-corrected chi connectivity index (χ3v) is 5.91. The Labute approximate surface area is 188 Å². The van der Waals surface area contributed by atoms with Crippen LogP contribution in [0.3, 0.4) is 0 Å². The van der Waals surface area contributed by atoms with Crippen molar-refractivity contribution in [1.82, 2.24) is 15.5 Å². The van der Waals surface area contributed by atoms with Crippen molar-refractivity contribution in [2.24, 2.45) is 0 Å². The van der Waals surface area contributed by atoms with Gasteiger partial charge >= 0.3 is 0 Å². The summed E-state index contributed by atoms with van der Waals surface area (Å²) in [5.41, 5.74) is 3.15. The number of nitrogens with one attached hydrogen (secondary N) is 1. The van der Waals surface area contributed by atoms with E-state index in [0.29, 0.717) is 11.1 Å². The van der Waals surface area contributed by atoms with Gasteiger partial charge < -0.3 is 14.6 Å². The SMILES string of the molecule is CCCC(NC(=O)CSc1nnc(-c2ccc(N(CC)CC)cc2)o1)c1ccccc1. The van der Waals surface area contributed by atoms with Gasteiger partial charge in [0.2, 0.25) is 11.8 Å². The lowest BCUT2D eigenvalue weighted by Gasteiger charge is -2.20. The van der Waals surface area contributed by atoms with E-state index in [1.165, 1.54) is 17.4 Å². The summed E-state index contributed by atoms with van der Waals surface area (Å²) in [5, 5.41) is 11.7. The zero-order valence-electron chi connectivity index (χ0n) is 18.4. The van der Waals surface area contributed by atoms with E-state index in [-0.39, 0.29) is 17.7 Å². The Hall–Kier alpha value is -2.80. The van der Waals surface area contributed by atoms with E-state index in [9.17, 15) is 4.79 Å². The molecule has 1 heterocycles. The number of rotatable bonds is 11. The fraction of sp³-hybridized carbons (Fsp3) is 0.375. The molecule has 1 unspecified atom stereocenters. The quantitative estimate of drug-likeness (QED) is 0.408. The Morgan fingerprint density at radius 3 is 2.39 bits per heavy atom. The topological polar surface area (TPSA) is 71.3 Å². The van der Waals surface area contributed by atoms with E-state index in [0.717, 1.165) is 37.1 Å². The van der Waals surface area contributed by atoms with Crippen LogP contribution < -0.4 is 10.2 Å². The molecule has 0 aliphatic carbocycles. The van der Waals surface area contributed by atoms with Crippen LogP contribution in [-0.4, -0.2) is 34.9 Å². The Morgan fingerprint density at radius 2 is 1.74 bits per heavy atom. The molecule has 2 aromatic carbocycles. The Bertz CT molecular complexity index is 940. The molecule has 3 aromatic rings. The lowest BCUT2D eigenvalue weighted by atomic mass is 10.0. The molecule has 0 aliphatic heterocycles. The van der Waals surface area contributed by atoms with Crippen LogP contribution in [0.1, 0.15) is 45.2 Å². The third kappa shape index (κ3) is 6.34. The van der Waals surface area contributed by atoms with Gasteiger partial charge in [-0.3, -0.25) is 4.79 Å². The second-order valence-electron chi connectivity index (χ2n) is 7.20. The first-order valence-electron chi connectivity index (χ1n) is 10.8. The fourth-order valence-corrected chi connectivity index (χ4v) is 4.02. The van der Waals surface area contributed by atoms with E-state index in [1.807, 2.05) is 42.5 Å². The maximum absolute atomic E-state index is 12.5. The summed E-state index contributed by atoms with van der Waals surface area (Å²) < 4.78 is 5.76. The van der Waals surface area contributed by atoms with Crippen LogP contribution >= 0.6 is 11.8 Å². The Kier molecular flexibility index (Phi) is 8.53. The Morgan fingerprint density at radius 1 is 1.03 bits per heavy atom. The van der Waals surface area contributed by atoms with Crippen LogP contribution in [-0.2, 0) is 4.79 Å². The molecule has 1 N–H and O–H groups in total. The highest BCUT2D eigenvalue weighted by Gasteiger charge is 2.16. The molecule has 0 radical (unpaired) electrons. The monoisotopic (exact) mass is 438 g/mol. The van der Waals surface area contributed by atoms with Crippen molar-refractivity contribution in [3.63, 3.8) is 0 Å². The summed E-state index contributed by atoms with van der Waals surface area (Å²) in [7, 11) is 0. The lowest BCUT2D eigenvalue weighted by Crippen LogP contribution is -2.29. The highest BCUT2D eigenvalue weighted by atomic mass is 32.2. The number of carbonyl (C=O) groups is 1.